The lowest BCUT2D eigenvalue weighted by Crippen LogP contribution is -2.40. The first-order valence-corrected chi connectivity index (χ1v) is 6.57. The van der Waals surface area contributed by atoms with Crippen LogP contribution in [0.2, 0.25) is 0 Å². The zero-order chi connectivity index (χ0) is 12.1. The Kier molecular flexibility index (Phi) is 2.36. The third-order valence-electron chi connectivity index (χ3n) is 3.41. The van der Waals surface area contributed by atoms with Crippen molar-refractivity contribution >= 4 is 10.0 Å². The molecule has 0 amide bonds. The average Bonchev–Trinajstić information content (AvgIpc) is 2.40. The first-order valence-electron chi connectivity index (χ1n) is 5.13. The summed E-state index contributed by atoms with van der Waals surface area (Å²) in [5.74, 6) is -0.143. The second kappa shape index (κ2) is 3.28. The Morgan fingerprint density at radius 3 is 2.44 bits per heavy atom. The number of hydrogen-bond acceptors (Lipinski definition) is 2. The molecule has 1 atom stereocenters. The molecule has 0 radical (unpaired) electrons. The second-order valence-electron chi connectivity index (χ2n) is 4.52. The molecule has 0 spiro atoms. The molecule has 0 saturated heterocycles. The normalized spacial score (nSPS) is 28.3. The second-order valence-corrected chi connectivity index (χ2v) is 6.23. The maximum absolute atomic E-state index is 14.0. The van der Waals surface area contributed by atoms with Gasteiger partial charge in [0.2, 0.25) is 0 Å². The van der Waals surface area contributed by atoms with Crippen LogP contribution >= 0.6 is 0 Å². The monoisotopic (exact) mass is 243 g/mol. The topological polar surface area (TPSA) is 37.4 Å². The van der Waals surface area contributed by atoms with E-state index in [2.05, 4.69) is 0 Å². The summed E-state index contributed by atoms with van der Waals surface area (Å²) in [6.07, 6.45) is 0. The average molecular weight is 243 g/mol. The minimum absolute atomic E-state index is 0.00463. The summed E-state index contributed by atoms with van der Waals surface area (Å²) in [6.45, 7) is 5.23. The Morgan fingerprint density at radius 1 is 1.31 bits per heavy atom. The lowest BCUT2D eigenvalue weighted by Gasteiger charge is -2.31. The summed E-state index contributed by atoms with van der Waals surface area (Å²) in [4.78, 5) is 0.0775. The van der Waals surface area contributed by atoms with Crippen molar-refractivity contribution < 1.29 is 12.9 Å². The fourth-order valence-corrected chi connectivity index (χ4v) is 3.84. The molecule has 16 heavy (non-hydrogen) atoms. The SMILES string of the molecule is CC(C)C1(C)c2ccccc2S(=O)(=O)N1F. The fraction of sp³-hybridized carbons (Fsp3) is 0.455. The van der Waals surface area contributed by atoms with E-state index in [1.54, 1.807) is 25.1 Å². The number of nitrogens with zero attached hydrogens (tertiary/aromatic N) is 1. The molecule has 5 heteroatoms. The molecule has 1 aromatic carbocycles. The van der Waals surface area contributed by atoms with Gasteiger partial charge in [0, 0.05) is 0 Å². The summed E-state index contributed by atoms with van der Waals surface area (Å²) in [5, 5.41) is 0. The van der Waals surface area contributed by atoms with Crippen LogP contribution in [0.5, 0.6) is 0 Å². The van der Waals surface area contributed by atoms with E-state index in [9.17, 15) is 12.9 Å². The smallest absolute Gasteiger partial charge is 0.204 e. The third-order valence-corrected chi connectivity index (χ3v) is 5.12. The lowest BCUT2D eigenvalue weighted by molar-refractivity contribution is -0.00626. The van der Waals surface area contributed by atoms with E-state index in [0.29, 0.717) is 5.56 Å². The molecular formula is C11H14FNO2S. The van der Waals surface area contributed by atoms with E-state index in [4.69, 9.17) is 0 Å². The molecule has 1 aliphatic rings. The van der Waals surface area contributed by atoms with Crippen LogP contribution < -0.4 is 0 Å². The summed E-state index contributed by atoms with van der Waals surface area (Å²) >= 11 is 0. The van der Waals surface area contributed by atoms with Crippen molar-refractivity contribution in [2.45, 2.75) is 31.2 Å². The van der Waals surface area contributed by atoms with Gasteiger partial charge in [-0.05, 0) is 29.0 Å². The van der Waals surface area contributed by atoms with Crippen LogP contribution in [-0.2, 0) is 15.6 Å². The van der Waals surface area contributed by atoms with Gasteiger partial charge in [-0.3, -0.25) is 0 Å². The van der Waals surface area contributed by atoms with E-state index >= 15 is 0 Å². The number of fused-ring (bicyclic) bond motifs is 1. The minimum Gasteiger partial charge on any atom is -0.204 e. The summed E-state index contributed by atoms with van der Waals surface area (Å²) in [7, 11) is -3.97. The van der Waals surface area contributed by atoms with Crippen molar-refractivity contribution in [3.63, 3.8) is 0 Å². The highest BCUT2D eigenvalue weighted by Gasteiger charge is 2.53. The number of sulfonamides is 1. The highest BCUT2D eigenvalue weighted by molar-refractivity contribution is 7.89. The molecule has 0 bridgehead atoms. The predicted octanol–water partition coefficient (Wildman–Crippen LogP) is 2.45. The van der Waals surface area contributed by atoms with Crippen LogP contribution in [0.25, 0.3) is 0 Å². The van der Waals surface area contributed by atoms with Gasteiger partial charge in [-0.15, -0.1) is 4.48 Å². The van der Waals surface area contributed by atoms with Gasteiger partial charge < -0.3 is 0 Å². The Balaban J connectivity index is 2.80. The molecule has 0 fully saturated rings. The van der Waals surface area contributed by atoms with Crippen molar-refractivity contribution in [1.82, 2.24) is 4.53 Å². The number of benzene rings is 1. The lowest BCUT2D eigenvalue weighted by atomic mass is 9.83. The van der Waals surface area contributed by atoms with Crippen LogP contribution in [0, 0.1) is 5.92 Å². The first-order chi connectivity index (χ1) is 7.33. The van der Waals surface area contributed by atoms with E-state index in [0.717, 1.165) is 0 Å². The van der Waals surface area contributed by atoms with Gasteiger partial charge in [0.25, 0.3) is 10.0 Å². The van der Waals surface area contributed by atoms with Gasteiger partial charge in [0.1, 0.15) is 0 Å². The molecule has 3 nitrogen and oxygen atoms in total. The zero-order valence-electron chi connectivity index (χ0n) is 9.44. The Morgan fingerprint density at radius 2 is 1.88 bits per heavy atom. The van der Waals surface area contributed by atoms with E-state index in [1.165, 1.54) is 6.07 Å². The number of halogens is 1. The molecule has 1 aliphatic heterocycles. The van der Waals surface area contributed by atoms with Gasteiger partial charge in [-0.2, -0.15) is 0 Å². The van der Waals surface area contributed by atoms with Crippen LogP contribution in [0.4, 0.5) is 4.48 Å². The van der Waals surface area contributed by atoms with Gasteiger partial charge in [-0.1, -0.05) is 32.0 Å². The van der Waals surface area contributed by atoms with Crippen LogP contribution in [-0.4, -0.2) is 12.9 Å². The summed E-state index contributed by atoms with van der Waals surface area (Å²) < 4.78 is 37.7. The van der Waals surface area contributed by atoms with Gasteiger partial charge >= 0.3 is 0 Å². The first kappa shape index (κ1) is 11.5. The molecule has 0 aromatic heterocycles. The highest BCUT2D eigenvalue weighted by atomic mass is 32.2. The van der Waals surface area contributed by atoms with Crippen LogP contribution in [0.1, 0.15) is 26.3 Å². The van der Waals surface area contributed by atoms with Crippen molar-refractivity contribution in [1.29, 1.82) is 0 Å². The Hall–Kier alpha value is -0.940. The third kappa shape index (κ3) is 1.18. The molecule has 0 aliphatic carbocycles. The van der Waals surface area contributed by atoms with Crippen molar-refractivity contribution in [3.8, 4) is 0 Å². The molecule has 0 saturated carbocycles. The molecule has 0 N–H and O–H groups in total. The largest absolute Gasteiger partial charge is 0.270 e. The highest BCUT2D eigenvalue weighted by Crippen LogP contribution is 2.48. The summed E-state index contributed by atoms with van der Waals surface area (Å²) in [5.41, 5.74) is -0.567. The van der Waals surface area contributed by atoms with E-state index < -0.39 is 15.6 Å². The van der Waals surface area contributed by atoms with Crippen LogP contribution in [0.3, 0.4) is 0 Å². The molecule has 88 valence electrons. The molecule has 1 heterocycles. The fourth-order valence-electron chi connectivity index (χ4n) is 2.05. The standard InChI is InChI=1S/C11H14FNO2S/c1-8(2)11(3)9-6-4-5-7-10(9)16(14,15)13(11)12/h4-8H,1-3H3. The van der Waals surface area contributed by atoms with Crippen molar-refractivity contribution in [2.75, 3.05) is 0 Å². The van der Waals surface area contributed by atoms with E-state index in [1.807, 2.05) is 13.8 Å². The van der Waals surface area contributed by atoms with E-state index in [-0.39, 0.29) is 15.3 Å². The van der Waals surface area contributed by atoms with Crippen LogP contribution in [0.15, 0.2) is 29.2 Å². The zero-order valence-corrected chi connectivity index (χ0v) is 10.3. The molecule has 1 unspecified atom stereocenters. The minimum atomic E-state index is -3.97. The Labute approximate surface area is 94.9 Å². The molecular weight excluding hydrogens is 229 g/mol. The number of rotatable bonds is 1. The van der Waals surface area contributed by atoms with Crippen molar-refractivity contribution in [3.05, 3.63) is 29.8 Å². The van der Waals surface area contributed by atoms with Crippen molar-refractivity contribution in [2.24, 2.45) is 5.92 Å². The number of hydrogen-bond donors (Lipinski definition) is 0. The van der Waals surface area contributed by atoms with Gasteiger partial charge in [0.05, 0.1) is 10.4 Å². The van der Waals surface area contributed by atoms with Gasteiger partial charge in [-0.25, -0.2) is 8.42 Å². The maximum atomic E-state index is 14.0. The summed E-state index contributed by atoms with van der Waals surface area (Å²) in [6, 6.07) is 6.46. The van der Waals surface area contributed by atoms with Gasteiger partial charge in [0.15, 0.2) is 0 Å². The maximum Gasteiger partial charge on any atom is 0.270 e. The predicted molar refractivity (Wildman–Crippen MR) is 58.8 cm³/mol. The molecule has 2 rings (SSSR count). The molecule has 1 aromatic rings. The Bertz CT molecular complexity index is 527. The quantitative estimate of drug-likeness (QED) is 0.710.